The van der Waals surface area contributed by atoms with Gasteiger partial charge in [-0.2, -0.15) is 0 Å². The van der Waals surface area contributed by atoms with E-state index in [4.69, 9.17) is 16.7 Å². The standard InChI is InChI=1S/C14H19ClFNO/c15-14-8-13(16)4-3-12(14)10-17-6-1-2-11(9-17)5-7-18/h3-4,8,11,18H,1-2,5-7,9-10H2. The number of likely N-dealkylation sites (tertiary alicyclic amines) is 1. The molecular weight excluding hydrogens is 253 g/mol. The molecule has 0 aliphatic carbocycles. The molecular formula is C14H19ClFNO. The van der Waals surface area contributed by atoms with Crippen molar-refractivity contribution >= 4 is 11.6 Å². The van der Waals surface area contributed by atoms with Crippen LogP contribution in [0, 0.1) is 11.7 Å². The Hall–Kier alpha value is -0.640. The lowest BCUT2D eigenvalue weighted by Gasteiger charge is -2.32. The van der Waals surface area contributed by atoms with Gasteiger partial charge >= 0.3 is 0 Å². The predicted molar refractivity (Wildman–Crippen MR) is 71.1 cm³/mol. The van der Waals surface area contributed by atoms with Gasteiger partial charge in [0, 0.05) is 24.7 Å². The molecule has 0 aromatic heterocycles. The summed E-state index contributed by atoms with van der Waals surface area (Å²) < 4.78 is 13.0. The van der Waals surface area contributed by atoms with Crippen LogP contribution in [0.4, 0.5) is 4.39 Å². The van der Waals surface area contributed by atoms with Gasteiger partial charge in [-0.05, 0) is 49.4 Å². The molecule has 1 aromatic carbocycles. The molecule has 1 heterocycles. The van der Waals surface area contributed by atoms with Gasteiger partial charge in [0.15, 0.2) is 0 Å². The second-order valence-corrected chi connectivity index (χ2v) is 5.40. The van der Waals surface area contributed by atoms with Crippen molar-refractivity contribution in [3.63, 3.8) is 0 Å². The first kappa shape index (κ1) is 13.8. The van der Waals surface area contributed by atoms with E-state index in [0.717, 1.165) is 38.0 Å². The molecule has 1 aliphatic heterocycles. The molecule has 2 nitrogen and oxygen atoms in total. The third kappa shape index (κ3) is 3.67. The molecule has 1 fully saturated rings. The van der Waals surface area contributed by atoms with Crippen LogP contribution >= 0.6 is 11.6 Å². The average Bonchev–Trinajstić information content (AvgIpc) is 2.34. The molecule has 0 radical (unpaired) electrons. The largest absolute Gasteiger partial charge is 0.396 e. The summed E-state index contributed by atoms with van der Waals surface area (Å²) in [6, 6.07) is 4.58. The fourth-order valence-corrected chi connectivity index (χ4v) is 2.83. The van der Waals surface area contributed by atoms with Crippen molar-refractivity contribution in [2.24, 2.45) is 5.92 Å². The van der Waals surface area contributed by atoms with Crippen LogP contribution in [0.25, 0.3) is 0 Å². The summed E-state index contributed by atoms with van der Waals surface area (Å²) in [6.45, 7) is 3.07. The zero-order valence-electron chi connectivity index (χ0n) is 10.4. The van der Waals surface area contributed by atoms with Crippen LogP contribution in [0.1, 0.15) is 24.8 Å². The van der Waals surface area contributed by atoms with Crippen molar-refractivity contribution in [2.45, 2.75) is 25.8 Å². The van der Waals surface area contributed by atoms with E-state index in [2.05, 4.69) is 4.90 Å². The molecule has 18 heavy (non-hydrogen) atoms. The van der Waals surface area contributed by atoms with Crippen LogP contribution in [0.2, 0.25) is 5.02 Å². The van der Waals surface area contributed by atoms with Crippen LogP contribution in [0.5, 0.6) is 0 Å². The van der Waals surface area contributed by atoms with Gasteiger partial charge < -0.3 is 5.11 Å². The first-order valence-electron chi connectivity index (χ1n) is 6.46. The Morgan fingerprint density at radius 2 is 2.28 bits per heavy atom. The fourth-order valence-electron chi connectivity index (χ4n) is 2.60. The Bertz CT molecular complexity index is 397. The molecule has 1 unspecified atom stereocenters. The van der Waals surface area contributed by atoms with E-state index < -0.39 is 0 Å². The summed E-state index contributed by atoms with van der Waals surface area (Å²) in [5, 5.41) is 9.49. The molecule has 1 atom stereocenters. The number of aliphatic hydroxyl groups excluding tert-OH is 1. The minimum absolute atomic E-state index is 0.260. The number of hydrogen-bond donors (Lipinski definition) is 1. The number of nitrogens with zero attached hydrogens (tertiary/aromatic N) is 1. The van der Waals surface area contributed by atoms with Gasteiger partial charge in [-0.1, -0.05) is 17.7 Å². The van der Waals surface area contributed by atoms with Crippen molar-refractivity contribution in [3.05, 3.63) is 34.6 Å². The minimum Gasteiger partial charge on any atom is -0.396 e. The molecule has 4 heteroatoms. The number of aliphatic hydroxyl groups is 1. The summed E-state index contributed by atoms with van der Waals surface area (Å²) in [5.74, 6) is 0.281. The molecule has 0 amide bonds. The second kappa shape index (κ2) is 6.50. The summed E-state index contributed by atoms with van der Waals surface area (Å²) in [6.07, 6.45) is 3.21. The highest BCUT2D eigenvalue weighted by atomic mass is 35.5. The van der Waals surface area contributed by atoms with Crippen LogP contribution in [0.3, 0.4) is 0 Å². The van der Waals surface area contributed by atoms with Crippen LogP contribution < -0.4 is 0 Å². The molecule has 0 spiro atoms. The topological polar surface area (TPSA) is 23.5 Å². The van der Waals surface area contributed by atoms with E-state index in [0.29, 0.717) is 10.9 Å². The third-order valence-corrected chi connectivity index (χ3v) is 3.90. The first-order chi connectivity index (χ1) is 8.69. The summed E-state index contributed by atoms with van der Waals surface area (Å²) in [5.41, 5.74) is 0.975. The molecule has 2 rings (SSSR count). The van der Waals surface area contributed by atoms with Gasteiger partial charge in [0.25, 0.3) is 0 Å². The molecule has 1 saturated heterocycles. The van der Waals surface area contributed by atoms with Gasteiger partial charge in [0.05, 0.1) is 0 Å². The van der Waals surface area contributed by atoms with Crippen molar-refractivity contribution in [1.29, 1.82) is 0 Å². The van der Waals surface area contributed by atoms with Gasteiger partial charge in [0.2, 0.25) is 0 Å². The zero-order valence-corrected chi connectivity index (χ0v) is 11.2. The maximum absolute atomic E-state index is 13.0. The normalized spacial score (nSPS) is 21.2. The number of rotatable bonds is 4. The Balaban J connectivity index is 1.96. The monoisotopic (exact) mass is 271 g/mol. The van der Waals surface area contributed by atoms with Crippen LogP contribution in [-0.2, 0) is 6.54 Å². The number of halogens is 2. The SMILES string of the molecule is OCCC1CCCN(Cc2ccc(F)cc2Cl)C1. The van der Waals surface area contributed by atoms with E-state index in [9.17, 15) is 4.39 Å². The van der Waals surface area contributed by atoms with Crippen molar-refractivity contribution in [1.82, 2.24) is 4.90 Å². The van der Waals surface area contributed by atoms with E-state index in [1.165, 1.54) is 18.6 Å². The first-order valence-corrected chi connectivity index (χ1v) is 6.84. The number of piperidine rings is 1. The van der Waals surface area contributed by atoms with Gasteiger partial charge in [0.1, 0.15) is 5.82 Å². The summed E-state index contributed by atoms with van der Waals surface area (Å²) in [7, 11) is 0. The molecule has 100 valence electrons. The molecule has 0 saturated carbocycles. The molecule has 1 N–H and O–H groups in total. The number of benzene rings is 1. The quantitative estimate of drug-likeness (QED) is 0.910. The van der Waals surface area contributed by atoms with Crippen molar-refractivity contribution in [2.75, 3.05) is 19.7 Å². The Morgan fingerprint density at radius 1 is 1.44 bits per heavy atom. The highest BCUT2D eigenvalue weighted by molar-refractivity contribution is 6.31. The van der Waals surface area contributed by atoms with Gasteiger partial charge in [-0.3, -0.25) is 4.90 Å². The summed E-state index contributed by atoms with van der Waals surface area (Å²) in [4.78, 5) is 2.34. The highest BCUT2D eigenvalue weighted by Gasteiger charge is 2.20. The van der Waals surface area contributed by atoms with E-state index in [1.807, 2.05) is 0 Å². The summed E-state index contributed by atoms with van der Waals surface area (Å²) >= 11 is 6.04. The Labute approximate surface area is 112 Å². The van der Waals surface area contributed by atoms with Crippen molar-refractivity contribution in [3.8, 4) is 0 Å². The highest BCUT2D eigenvalue weighted by Crippen LogP contribution is 2.24. The van der Waals surface area contributed by atoms with E-state index >= 15 is 0 Å². The molecule has 0 bridgehead atoms. The average molecular weight is 272 g/mol. The fraction of sp³-hybridized carbons (Fsp3) is 0.571. The Morgan fingerprint density at radius 3 is 3.00 bits per heavy atom. The molecule has 1 aromatic rings. The van der Waals surface area contributed by atoms with E-state index in [1.54, 1.807) is 6.07 Å². The zero-order chi connectivity index (χ0) is 13.0. The maximum Gasteiger partial charge on any atom is 0.124 e. The van der Waals surface area contributed by atoms with Gasteiger partial charge in [-0.15, -0.1) is 0 Å². The second-order valence-electron chi connectivity index (χ2n) is 4.99. The number of hydrogen-bond acceptors (Lipinski definition) is 2. The minimum atomic E-state index is -0.291. The predicted octanol–water partition coefficient (Wildman–Crippen LogP) is 3.07. The lowest BCUT2D eigenvalue weighted by Crippen LogP contribution is -2.35. The lowest BCUT2D eigenvalue weighted by atomic mass is 9.95. The smallest absolute Gasteiger partial charge is 0.124 e. The maximum atomic E-state index is 13.0. The lowest BCUT2D eigenvalue weighted by molar-refractivity contribution is 0.142. The van der Waals surface area contributed by atoms with Crippen LogP contribution in [-0.4, -0.2) is 29.7 Å². The van der Waals surface area contributed by atoms with Crippen molar-refractivity contribution < 1.29 is 9.50 Å². The van der Waals surface area contributed by atoms with E-state index in [-0.39, 0.29) is 12.4 Å². The van der Waals surface area contributed by atoms with Gasteiger partial charge in [-0.25, -0.2) is 4.39 Å². The third-order valence-electron chi connectivity index (χ3n) is 3.55. The Kier molecular flexibility index (Phi) is 4.98. The van der Waals surface area contributed by atoms with Crippen LogP contribution in [0.15, 0.2) is 18.2 Å². The molecule has 1 aliphatic rings.